The quantitative estimate of drug-likeness (QED) is 0.177. The van der Waals surface area contributed by atoms with Crippen molar-refractivity contribution < 1.29 is 4.42 Å². The molecule has 0 bridgehead atoms. The fourth-order valence-corrected chi connectivity index (χ4v) is 11.2. The van der Waals surface area contributed by atoms with Gasteiger partial charge in [-0.3, -0.25) is 4.57 Å². The van der Waals surface area contributed by atoms with Gasteiger partial charge in [0.05, 0.1) is 22.1 Å². The third-order valence-electron chi connectivity index (χ3n) is 13.8. The zero-order chi connectivity index (χ0) is 41.2. The molecule has 2 aliphatic rings. The van der Waals surface area contributed by atoms with Gasteiger partial charge in [0.1, 0.15) is 17.0 Å². The number of fused-ring (bicyclic) bond motifs is 16. The molecule has 12 aromatic rings. The molecule has 9 aromatic carbocycles. The number of furan rings is 1. The van der Waals surface area contributed by atoms with Gasteiger partial charge in [0.25, 0.3) is 0 Å². The molecule has 0 radical (unpaired) electrons. The number of para-hydroxylation sites is 1. The zero-order valence-electron chi connectivity index (χ0n) is 34.1. The van der Waals surface area contributed by atoms with Crippen LogP contribution in [0, 0.1) is 0 Å². The zero-order valence-corrected chi connectivity index (χ0v) is 34.1. The minimum atomic E-state index is -0.425. The molecule has 0 saturated heterocycles. The Balaban J connectivity index is 0.981. The predicted octanol–water partition coefficient (Wildman–Crippen LogP) is 15.4. The molecule has 0 saturated carbocycles. The highest BCUT2D eigenvalue weighted by Crippen LogP contribution is 2.63. The second-order valence-corrected chi connectivity index (χ2v) is 17.0. The Hall–Kier alpha value is -8.27. The smallest absolute Gasteiger partial charge is 0.138 e. The van der Waals surface area contributed by atoms with Crippen molar-refractivity contribution in [2.45, 2.75) is 5.41 Å². The number of hydrogen-bond donors (Lipinski definition) is 0. The Morgan fingerprint density at radius 3 is 1.68 bits per heavy atom. The van der Waals surface area contributed by atoms with Crippen LogP contribution in [0.4, 0.5) is 0 Å². The molecule has 1 spiro atoms. The number of aromatic nitrogens is 2. The van der Waals surface area contributed by atoms with Crippen LogP contribution in [0.25, 0.3) is 105 Å². The lowest BCUT2D eigenvalue weighted by Crippen LogP contribution is -2.25. The molecule has 3 aromatic heterocycles. The molecule has 0 fully saturated rings. The van der Waals surface area contributed by atoms with Gasteiger partial charge >= 0.3 is 0 Å². The molecular weight excluding hydrogens is 765 g/mol. The van der Waals surface area contributed by atoms with Crippen LogP contribution in [0.3, 0.4) is 0 Å². The number of rotatable bonds is 4. The molecule has 3 nitrogen and oxygen atoms in total. The highest BCUT2D eigenvalue weighted by molar-refractivity contribution is 6.16. The van der Waals surface area contributed by atoms with E-state index in [1.54, 1.807) is 0 Å². The highest BCUT2D eigenvalue weighted by atomic mass is 16.3. The van der Waals surface area contributed by atoms with Crippen molar-refractivity contribution in [3.8, 4) is 61.6 Å². The molecule has 2 aliphatic carbocycles. The first-order chi connectivity index (χ1) is 31.2. The van der Waals surface area contributed by atoms with Gasteiger partial charge in [0, 0.05) is 27.1 Å². The maximum atomic E-state index is 6.92. The normalized spacial score (nSPS) is 13.2. The van der Waals surface area contributed by atoms with Crippen LogP contribution in [-0.2, 0) is 5.41 Å². The first kappa shape index (κ1) is 34.4. The van der Waals surface area contributed by atoms with Crippen LogP contribution in [-0.4, -0.2) is 9.55 Å². The molecule has 63 heavy (non-hydrogen) atoms. The summed E-state index contributed by atoms with van der Waals surface area (Å²) in [5.74, 6) is 0.886. The van der Waals surface area contributed by atoms with Crippen LogP contribution in [0.5, 0.6) is 0 Å². The largest absolute Gasteiger partial charge is 0.456 e. The van der Waals surface area contributed by atoms with Crippen LogP contribution in [0.2, 0.25) is 0 Å². The van der Waals surface area contributed by atoms with E-state index < -0.39 is 5.41 Å². The van der Waals surface area contributed by atoms with E-state index in [1.807, 2.05) is 0 Å². The summed E-state index contributed by atoms with van der Waals surface area (Å²) in [5.41, 5.74) is 20.6. The molecule has 292 valence electrons. The summed E-state index contributed by atoms with van der Waals surface area (Å²) < 4.78 is 9.25. The lowest BCUT2D eigenvalue weighted by molar-refractivity contribution is 0.666. The van der Waals surface area contributed by atoms with E-state index in [4.69, 9.17) is 9.40 Å². The third-order valence-corrected chi connectivity index (χ3v) is 13.8. The van der Waals surface area contributed by atoms with Crippen molar-refractivity contribution in [1.29, 1.82) is 0 Å². The monoisotopic (exact) mass is 800 g/mol. The van der Waals surface area contributed by atoms with Crippen LogP contribution in [0.15, 0.2) is 223 Å². The number of pyridine rings is 1. The molecule has 0 aliphatic heterocycles. The van der Waals surface area contributed by atoms with Crippen molar-refractivity contribution in [1.82, 2.24) is 9.55 Å². The van der Waals surface area contributed by atoms with Crippen molar-refractivity contribution in [3.63, 3.8) is 0 Å². The molecule has 0 unspecified atom stereocenters. The maximum Gasteiger partial charge on any atom is 0.138 e. The summed E-state index contributed by atoms with van der Waals surface area (Å²) in [5, 5.41) is 4.62. The standard InChI is InChI=1S/C60H36N2O/c1-3-16-37(17-4-1)40-33-53(38-18-5-2-6-19-38)61-58(34-40)62-54-28-14-10-23-45(54)47-32-39(30-31-55(47)62)41-24-15-29-56-59(41)48-35-46-44-22-9-13-27-51(44)60(52(46)36-57(48)63-56)49-25-11-7-20-42(49)43-21-8-12-26-50(43)60/h1-36H. The SMILES string of the molecule is c1ccc(-c2cc(-c3ccccc3)nc(-n3c4ccccc4c4cc(-c5cccc6oc7cc8c(cc7c56)-c5ccccc5C85c6ccccc6-c6ccccc65)ccc43)c2)cc1. The highest BCUT2D eigenvalue weighted by Gasteiger charge is 2.51. The van der Waals surface area contributed by atoms with Gasteiger partial charge in [-0.15, -0.1) is 0 Å². The van der Waals surface area contributed by atoms with E-state index in [0.29, 0.717) is 0 Å². The first-order valence-electron chi connectivity index (χ1n) is 21.7. The fraction of sp³-hybridized carbons (Fsp3) is 0.0167. The summed E-state index contributed by atoms with van der Waals surface area (Å²) in [6, 6.07) is 79.3. The summed E-state index contributed by atoms with van der Waals surface area (Å²) >= 11 is 0. The Morgan fingerprint density at radius 2 is 0.952 bits per heavy atom. The van der Waals surface area contributed by atoms with E-state index in [9.17, 15) is 0 Å². The van der Waals surface area contributed by atoms with Crippen LogP contribution in [0.1, 0.15) is 22.3 Å². The Kier molecular flexibility index (Phi) is 7.04. The second-order valence-electron chi connectivity index (χ2n) is 17.0. The van der Waals surface area contributed by atoms with Gasteiger partial charge in [0.15, 0.2) is 0 Å². The Bertz CT molecular complexity index is 3750. The van der Waals surface area contributed by atoms with Gasteiger partial charge in [-0.2, -0.15) is 0 Å². The number of benzene rings is 9. The van der Waals surface area contributed by atoms with E-state index in [0.717, 1.165) is 72.3 Å². The molecule has 0 N–H and O–H groups in total. The average molecular weight is 801 g/mol. The Morgan fingerprint density at radius 1 is 0.349 bits per heavy atom. The first-order valence-corrected chi connectivity index (χ1v) is 21.7. The predicted molar refractivity (Wildman–Crippen MR) is 258 cm³/mol. The third kappa shape index (κ3) is 4.71. The molecule has 0 atom stereocenters. The van der Waals surface area contributed by atoms with Crippen LogP contribution < -0.4 is 0 Å². The number of nitrogens with zero attached hydrogens (tertiary/aromatic N) is 2. The van der Waals surface area contributed by atoms with Gasteiger partial charge in [-0.25, -0.2) is 4.98 Å². The van der Waals surface area contributed by atoms with Crippen molar-refractivity contribution >= 4 is 43.7 Å². The van der Waals surface area contributed by atoms with Gasteiger partial charge in [-0.1, -0.05) is 170 Å². The van der Waals surface area contributed by atoms with Crippen molar-refractivity contribution in [2.75, 3.05) is 0 Å². The topological polar surface area (TPSA) is 31.0 Å². The van der Waals surface area contributed by atoms with E-state index in [-0.39, 0.29) is 0 Å². The average Bonchev–Trinajstić information content (AvgIpc) is 4.07. The molecule has 14 rings (SSSR count). The van der Waals surface area contributed by atoms with Gasteiger partial charge in [-0.05, 0) is 115 Å². The molecule has 3 heterocycles. The maximum absolute atomic E-state index is 6.92. The lowest BCUT2D eigenvalue weighted by Gasteiger charge is -2.30. The summed E-state index contributed by atoms with van der Waals surface area (Å²) in [7, 11) is 0. The minimum Gasteiger partial charge on any atom is -0.456 e. The summed E-state index contributed by atoms with van der Waals surface area (Å²) in [6.45, 7) is 0. The van der Waals surface area contributed by atoms with Gasteiger partial charge in [0.2, 0.25) is 0 Å². The molecule has 3 heteroatoms. The van der Waals surface area contributed by atoms with E-state index >= 15 is 0 Å². The Labute approximate surface area is 363 Å². The second kappa shape index (κ2) is 12.9. The fourth-order valence-electron chi connectivity index (χ4n) is 11.2. The molecular formula is C60H36N2O. The van der Waals surface area contributed by atoms with Crippen LogP contribution >= 0.6 is 0 Å². The number of hydrogen-bond acceptors (Lipinski definition) is 2. The summed E-state index contributed by atoms with van der Waals surface area (Å²) in [6.07, 6.45) is 0. The van der Waals surface area contributed by atoms with E-state index in [2.05, 4.69) is 223 Å². The van der Waals surface area contributed by atoms with E-state index in [1.165, 1.54) is 55.3 Å². The lowest BCUT2D eigenvalue weighted by atomic mass is 9.70. The molecule has 0 amide bonds. The minimum absolute atomic E-state index is 0.425. The summed E-state index contributed by atoms with van der Waals surface area (Å²) in [4.78, 5) is 5.37. The van der Waals surface area contributed by atoms with Crippen molar-refractivity contribution in [3.05, 3.63) is 241 Å². The van der Waals surface area contributed by atoms with Gasteiger partial charge < -0.3 is 4.42 Å². The van der Waals surface area contributed by atoms with Crippen molar-refractivity contribution in [2.24, 2.45) is 0 Å².